The second kappa shape index (κ2) is 8.43. The van der Waals surface area contributed by atoms with E-state index in [4.69, 9.17) is 10.5 Å². The number of nitrogens with two attached hydrogens (primary N) is 1. The Labute approximate surface area is 153 Å². The summed E-state index contributed by atoms with van der Waals surface area (Å²) in [5.74, 6) is -1.21. The third-order valence-electron chi connectivity index (χ3n) is 3.41. The molecule has 2 rings (SSSR count). The second-order valence-electron chi connectivity index (χ2n) is 5.60. The van der Waals surface area contributed by atoms with Crippen LogP contribution in [0.5, 0.6) is 11.5 Å². The normalized spacial score (nSPS) is 11.0. The van der Waals surface area contributed by atoms with Gasteiger partial charge in [-0.05, 0) is 24.3 Å². The largest absolute Gasteiger partial charge is 0.573 e. The Morgan fingerprint density at radius 1 is 1.11 bits per heavy atom. The van der Waals surface area contributed by atoms with Crippen molar-refractivity contribution < 1.29 is 32.2 Å². The number of ether oxygens (including phenoxy) is 2. The van der Waals surface area contributed by atoms with Crippen LogP contribution >= 0.6 is 0 Å². The third-order valence-corrected chi connectivity index (χ3v) is 3.41. The number of hydrogen-bond acceptors (Lipinski definition) is 4. The molecule has 27 heavy (non-hydrogen) atoms. The molecule has 0 aliphatic heterocycles. The van der Waals surface area contributed by atoms with E-state index >= 15 is 0 Å². The number of hydrogen-bond donors (Lipinski definition) is 1. The zero-order chi connectivity index (χ0) is 20.0. The summed E-state index contributed by atoms with van der Waals surface area (Å²) in [6, 6.07) is 11.6. The summed E-state index contributed by atoms with van der Waals surface area (Å²) in [6.45, 7) is -0.437. The molecule has 9 heteroatoms. The molecule has 0 aliphatic rings. The van der Waals surface area contributed by atoms with Gasteiger partial charge in [-0.15, -0.1) is 13.2 Å². The molecule has 0 aliphatic carbocycles. The van der Waals surface area contributed by atoms with Crippen molar-refractivity contribution >= 4 is 11.8 Å². The number of alkyl halides is 3. The van der Waals surface area contributed by atoms with Gasteiger partial charge in [0.05, 0.1) is 0 Å². The Bertz CT molecular complexity index is 824. The predicted octanol–water partition coefficient (Wildman–Crippen LogP) is 2.72. The van der Waals surface area contributed by atoms with E-state index in [-0.39, 0.29) is 35.8 Å². The molecule has 0 radical (unpaired) electrons. The molecule has 0 saturated heterocycles. The molecule has 144 valence electrons. The Hall–Kier alpha value is -3.23. The molecule has 0 bridgehead atoms. The number of carbonyl (C=O) groups excluding carboxylic acids is 2. The highest BCUT2D eigenvalue weighted by Gasteiger charge is 2.32. The van der Waals surface area contributed by atoms with Crippen molar-refractivity contribution in [3.8, 4) is 11.5 Å². The van der Waals surface area contributed by atoms with E-state index in [1.165, 1.54) is 42.3 Å². The third kappa shape index (κ3) is 6.21. The number of para-hydroxylation sites is 1. The van der Waals surface area contributed by atoms with Gasteiger partial charge in [-0.1, -0.05) is 24.3 Å². The summed E-state index contributed by atoms with van der Waals surface area (Å²) in [6.07, 6.45) is -4.83. The lowest BCUT2D eigenvalue weighted by Crippen LogP contribution is -2.27. The van der Waals surface area contributed by atoms with Crippen molar-refractivity contribution in [3.63, 3.8) is 0 Å². The molecule has 2 amide bonds. The highest BCUT2D eigenvalue weighted by molar-refractivity contribution is 5.94. The van der Waals surface area contributed by atoms with Crippen molar-refractivity contribution in [1.29, 1.82) is 0 Å². The summed E-state index contributed by atoms with van der Waals surface area (Å²) >= 11 is 0. The molecule has 2 aromatic rings. The van der Waals surface area contributed by atoms with Gasteiger partial charge in [0.1, 0.15) is 11.5 Å². The lowest BCUT2D eigenvalue weighted by molar-refractivity contribution is -0.275. The van der Waals surface area contributed by atoms with E-state index in [0.29, 0.717) is 0 Å². The zero-order valence-corrected chi connectivity index (χ0v) is 14.3. The highest BCUT2D eigenvalue weighted by Crippen LogP contribution is 2.27. The van der Waals surface area contributed by atoms with Crippen LogP contribution in [0, 0.1) is 0 Å². The number of carbonyl (C=O) groups is 2. The first kappa shape index (κ1) is 20.1. The lowest BCUT2D eigenvalue weighted by Gasteiger charge is -2.20. The van der Waals surface area contributed by atoms with Crippen LogP contribution in [0.25, 0.3) is 0 Å². The Morgan fingerprint density at radius 2 is 1.81 bits per heavy atom. The Kier molecular flexibility index (Phi) is 6.27. The number of primary amides is 1. The maximum atomic E-state index is 12.6. The summed E-state index contributed by atoms with van der Waals surface area (Å²) in [4.78, 5) is 24.6. The minimum atomic E-state index is -4.83. The predicted molar refractivity (Wildman–Crippen MR) is 90.1 cm³/mol. The van der Waals surface area contributed by atoms with Crippen LogP contribution in [0.4, 0.5) is 13.2 Å². The second-order valence-corrected chi connectivity index (χ2v) is 5.60. The molecule has 2 aromatic carbocycles. The van der Waals surface area contributed by atoms with E-state index in [2.05, 4.69) is 4.74 Å². The minimum absolute atomic E-state index is 0.0997. The monoisotopic (exact) mass is 382 g/mol. The van der Waals surface area contributed by atoms with Crippen molar-refractivity contribution in [2.24, 2.45) is 5.73 Å². The quantitative estimate of drug-likeness (QED) is 0.798. The van der Waals surface area contributed by atoms with Crippen LogP contribution in [-0.4, -0.2) is 36.7 Å². The van der Waals surface area contributed by atoms with Crippen LogP contribution in [-0.2, 0) is 11.3 Å². The van der Waals surface area contributed by atoms with E-state index in [9.17, 15) is 22.8 Å². The molecular weight excluding hydrogens is 365 g/mol. The Morgan fingerprint density at radius 3 is 2.48 bits per heavy atom. The molecule has 2 N–H and O–H groups in total. The summed E-state index contributed by atoms with van der Waals surface area (Å²) in [5, 5.41) is 0. The topological polar surface area (TPSA) is 81.9 Å². The van der Waals surface area contributed by atoms with Crippen LogP contribution in [0.1, 0.15) is 15.9 Å². The van der Waals surface area contributed by atoms with Crippen molar-refractivity contribution in [2.75, 3.05) is 13.7 Å². The van der Waals surface area contributed by atoms with Gasteiger partial charge >= 0.3 is 6.36 Å². The van der Waals surface area contributed by atoms with Gasteiger partial charge in [-0.25, -0.2) is 0 Å². The van der Waals surface area contributed by atoms with Crippen molar-refractivity contribution in [1.82, 2.24) is 4.90 Å². The average Bonchev–Trinajstić information content (AvgIpc) is 2.60. The number of benzene rings is 2. The molecule has 6 nitrogen and oxygen atoms in total. The van der Waals surface area contributed by atoms with Gasteiger partial charge in [0, 0.05) is 24.7 Å². The molecule has 0 aromatic heterocycles. The van der Waals surface area contributed by atoms with Gasteiger partial charge < -0.3 is 20.1 Å². The van der Waals surface area contributed by atoms with Gasteiger partial charge in [0.2, 0.25) is 0 Å². The smallest absolute Gasteiger partial charge is 0.484 e. The minimum Gasteiger partial charge on any atom is -0.484 e. The Balaban J connectivity index is 2.12. The summed E-state index contributed by atoms with van der Waals surface area (Å²) in [7, 11) is 1.45. The van der Waals surface area contributed by atoms with E-state index in [0.717, 1.165) is 0 Å². The summed E-state index contributed by atoms with van der Waals surface area (Å²) in [5.41, 5.74) is 5.44. The molecule has 0 fully saturated rings. The first-order valence-corrected chi connectivity index (χ1v) is 7.76. The molecular formula is C18H17F3N2O4. The maximum Gasteiger partial charge on any atom is 0.573 e. The zero-order valence-electron chi connectivity index (χ0n) is 14.3. The maximum absolute atomic E-state index is 12.6. The van der Waals surface area contributed by atoms with Crippen LogP contribution in [0.2, 0.25) is 0 Å². The average molecular weight is 382 g/mol. The fourth-order valence-corrected chi connectivity index (χ4v) is 2.28. The number of nitrogens with zero attached hydrogens (tertiary/aromatic N) is 1. The fraction of sp³-hybridized carbons (Fsp3) is 0.222. The fourth-order valence-electron chi connectivity index (χ4n) is 2.28. The standard InChI is InChI=1S/C18H17F3N2O4/c1-23(10-13-5-2-3-8-15(13)27-18(19,20)21)17(25)12-6-4-7-14(9-12)26-11-16(22)24/h2-9H,10-11H2,1H3,(H2,22,24). The number of halogens is 3. The number of amides is 2. The van der Waals surface area contributed by atoms with Gasteiger partial charge in [-0.3, -0.25) is 9.59 Å². The van der Waals surface area contributed by atoms with Gasteiger partial charge in [0.25, 0.3) is 11.8 Å². The van der Waals surface area contributed by atoms with Crippen LogP contribution in [0.3, 0.4) is 0 Å². The first-order valence-electron chi connectivity index (χ1n) is 7.76. The highest BCUT2D eigenvalue weighted by atomic mass is 19.4. The molecule has 0 heterocycles. The summed E-state index contributed by atoms with van der Waals surface area (Å²) < 4.78 is 46.7. The molecule has 0 atom stereocenters. The first-order chi connectivity index (χ1) is 12.7. The van der Waals surface area contributed by atoms with E-state index < -0.39 is 18.2 Å². The van der Waals surface area contributed by atoms with E-state index in [1.807, 2.05) is 0 Å². The lowest BCUT2D eigenvalue weighted by atomic mass is 10.1. The SMILES string of the molecule is CN(Cc1ccccc1OC(F)(F)F)C(=O)c1cccc(OCC(N)=O)c1. The van der Waals surface area contributed by atoms with Crippen LogP contribution < -0.4 is 15.2 Å². The molecule has 0 unspecified atom stereocenters. The number of rotatable bonds is 7. The van der Waals surface area contributed by atoms with Gasteiger partial charge in [0.15, 0.2) is 6.61 Å². The molecule has 0 spiro atoms. The molecule has 0 saturated carbocycles. The van der Waals surface area contributed by atoms with Crippen LogP contribution in [0.15, 0.2) is 48.5 Å². The van der Waals surface area contributed by atoms with E-state index in [1.54, 1.807) is 18.2 Å². The van der Waals surface area contributed by atoms with Gasteiger partial charge in [-0.2, -0.15) is 0 Å². The van der Waals surface area contributed by atoms with Crippen molar-refractivity contribution in [2.45, 2.75) is 12.9 Å². The van der Waals surface area contributed by atoms with Crippen molar-refractivity contribution in [3.05, 3.63) is 59.7 Å².